The summed E-state index contributed by atoms with van der Waals surface area (Å²) in [6, 6.07) is 0. The molecule has 4 atom stereocenters. The van der Waals surface area contributed by atoms with E-state index in [0.29, 0.717) is 11.2 Å². The Morgan fingerprint density at radius 3 is 2.71 bits per heavy atom. The molecule has 0 aliphatic heterocycles. The van der Waals surface area contributed by atoms with Crippen molar-refractivity contribution in [3.05, 3.63) is 11.6 Å². The molecule has 2 aliphatic rings. The summed E-state index contributed by atoms with van der Waals surface area (Å²) >= 11 is 1.89. The van der Waals surface area contributed by atoms with Crippen molar-refractivity contribution in [2.45, 2.75) is 83.2 Å². The number of hydrogen-bond donors (Lipinski definition) is 2. The maximum Gasteiger partial charge on any atom is 0.0732 e. The number of aliphatic hydroxyl groups excluding tert-OH is 1. The minimum absolute atomic E-state index is 0.127. The minimum Gasteiger partial charge on any atom is -0.393 e. The smallest absolute Gasteiger partial charge is 0.0732 e. The Kier molecular flexibility index (Phi) is 5.49. The van der Waals surface area contributed by atoms with E-state index in [2.05, 4.69) is 33.8 Å². The maximum absolute atomic E-state index is 10.5. The lowest BCUT2D eigenvalue weighted by atomic mass is 9.65. The average molecular weight is 313 g/mol. The second-order valence-electron chi connectivity index (χ2n) is 7.26. The summed E-state index contributed by atoms with van der Waals surface area (Å²) in [7, 11) is 0. The van der Waals surface area contributed by atoms with Gasteiger partial charge in [-0.2, -0.15) is 11.8 Å². The SMILES string of the molecule is CCC(O)(CC)CS[C@@H](C)C1=CCC2C(O)CCCC12C. The van der Waals surface area contributed by atoms with Crippen LogP contribution in [0.25, 0.3) is 0 Å². The van der Waals surface area contributed by atoms with Crippen molar-refractivity contribution >= 4 is 11.8 Å². The third-order valence-corrected chi connectivity index (χ3v) is 7.54. The Bertz CT molecular complexity index is 389. The van der Waals surface area contributed by atoms with Gasteiger partial charge in [0.1, 0.15) is 0 Å². The van der Waals surface area contributed by atoms with Gasteiger partial charge >= 0.3 is 0 Å². The van der Waals surface area contributed by atoms with E-state index in [1.54, 1.807) is 0 Å². The van der Waals surface area contributed by atoms with Crippen molar-refractivity contribution in [3.8, 4) is 0 Å². The van der Waals surface area contributed by atoms with Crippen LogP contribution in [0, 0.1) is 11.3 Å². The summed E-state index contributed by atoms with van der Waals surface area (Å²) in [5.74, 6) is 1.22. The van der Waals surface area contributed by atoms with E-state index in [9.17, 15) is 10.2 Å². The van der Waals surface area contributed by atoms with E-state index in [1.807, 2.05) is 11.8 Å². The largest absolute Gasteiger partial charge is 0.393 e. The van der Waals surface area contributed by atoms with Crippen molar-refractivity contribution < 1.29 is 10.2 Å². The van der Waals surface area contributed by atoms with Crippen LogP contribution in [0.3, 0.4) is 0 Å². The third kappa shape index (κ3) is 3.35. The molecular formula is C18H32O2S. The van der Waals surface area contributed by atoms with E-state index in [0.717, 1.165) is 37.9 Å². The molecule has 0 spiro atoms. The molecule has 0 aromatic carbocycles. The van der Waals surface area contributed by atoms with Gasteiger partial charge in [-0.3, -0.25) is 0 Å². The predicted molar refractivity (Wildman–Crippen MR) is 91.6 cm³/mol. The van der Waals surface area contributed by atoms with Gasteiger partial charge in [0, 0.05) is 11.0 Å². The molecule has 2 aliphatic carbocycles. The molecule has 1 saturated carbocycles. The summed E-state index contributed by atoms with van der Waals surface area (Å²) in [6.45, 7) is 8.76. The summed E-state index contributed by atoms with van der Waals surface area (Å²) in [6.07, 6.45) is 8.24. The molecule has 0 bridgehead atoms. The number of thioether (sulfide) groups is 1. The van der Waals surface area contributed by atoms with Gasteiger partial charge in [-0.05, 0) is 56.8 Å². The number of allylic oxidation sites excluding steroid dienone is 1. The molecule has 21 heavy (non-hydrogen) atoms. The molecule has 0 saturated heterocycles. The normalized spacial score (nSPS) is 34.5. The van der Waals surface area contributed by atoms with Crippen molar-refractivity contribution in [2.24, 2.45) is 11.3 Å². The zero-order valence-corrected chi connectivity index (χ0v) is 14.9. The average Bonchev–Trinajstić information content (AvgIpc) is 2.83. The van der Waals surface area contributed by atoms with Gasteiger partial charge in [0.25, 0.3) is 0 Å². The molecule has 0 radical (unpaired) electrons. The van der Waals surface area contributed by atoms with Gasteiger partial charge in [-0.25, -0.2) is 0 Å². The predicted octanol–water partition coefficient (Wildman–Crippen LogP) is 4.16. The van der Waals surface area contributed by atoms with Gasteiger partial charge in [0.05, 0.1) is 11.7 Å². The Balaban J connectivity index is 2.01. The van der Waals surface area contributed by atoms with E-state index < -0.39 is 5.60 Å². The van der Waals surface area contributed by atoms with Crippen LogP contribution >= 0.6 is 11.8 Å². The quantitative estimate of drug-likeness (QED) is 0.724. The summed E-state index contributed by atoms with van der Waals surface area (Å²) < 4.78 is 0. The summed E-state index contributed by atoms with van der Waals surface area (Å²) in [5, 5.41) is 21.2. The highest BCUT2D eigenvalue weighted by atomic mass is 32.2. The standard InChI is InChI=1S/C18H32O2S/c1-5-18(20,6-2)12-21-13(3)14-9-10-15-16(19)8-7-11-17(14,15)4/h9,13,15-16,19-20H,5-8,10-12H2,1-4H3/t13-,15?,16?,17?/m0/s1. The van der Waals surface area contributed by atoms with Crippen LogP contribution < -0.4 is 0 Å². The van der Waals surface area contributed by atoms with Crippen LogP contribution in [0.4, 0.5) is 0 Å². The first-order valence-electron chi connectivity index (χ1n) is 8.59. The topological polar surface area (TPSA) is 40.5 Å². The molecule has 0 amide bonds. The van der Waals surface area contributed by atoms with Crippen LogP contribution in [-0.4, -0.2) is 32.9 Å². The number of hydrogen-bond acceptors (Lipinski definition) is 3. The lowest BCUT2D eigenvalue weighted by Crippen LogP contribution is -2.40. The van der Waals surface area contributed by atoms with Gasteiger partial charge < -0.3 is 10.2 Å². The monoisotopic (exact) mass is 312 g/mol. The van der Waals surface area contributed by atoms with E-state index in [1.165, 1.54) is 12.0 Å². The molecule has 1 fully saturated rings. The highest BCUT2D eigenvalue weighted by Gasteiger charge is 2.48. The zero-order chi connectivity index (χ0) is 15.7. The second kappa shape index (κ2) is 6.64. The first-order valence-corrected chi connectivity index (χ1v) is 9.63. The number of rotatable bonds is 6. The van der Waals surface area contributed by atoms with Crippen molar-refractivity contribution in [1.82, 2.24) is 0 Å². The Labute approximate surface area is 134 Å². The minimum atomic E-state index is -0.523. The van der Waals surface area contributed by atoms with E-state index in [4.69, 9.17) is 0 Å². The molecule has 0 heterocycles. The molecule has 3 unspecified atom stereocenters. The zero-order valence-electron chi connectivity index (χ0n) is 14.1. The van der Waals surface area contributed by atoms with Crippen LogP contribution in [0.5, 0.6) is 0 Å². The van der Waals surface area contributed by atoms with Crippen LogP contribution in [0.1, 0.15) is 66.2 Å². The lowest BCUT2D eigenvalue weighted by Gasteiger charge is -2.43. The van der Waals surface area contributed by atoms with Gasteiger partial charge in [-0.15, -0.1) is 0 Å². The first-order chi connectivity index (χ1) is 9.86. The highest BCUT2D eigenvalue weighted by molar-refractivity contribution is 8.00. The molecule has 2 N–H and O–H groups in total. The Morgan fingerprint density at radius 1 is 1.43 bits per heavy atom. The number of fused-ring (bicyclic) bond motifs is 1. The lowest BCUT2D eigenvalue weighted by molar-refractivity contribution is 0.0105. The van der Waals surface area contributed by atoms with Crippen molar-refractivity contribution in [1.29, 1.82) is 0 Å². The van der Waals surface area contributed by atoms with Gasteiger partial charge in [0.15, 0.2) is 0 Å². The van der Waals surface area contributed by atoms with Crippen molar-refractivity contribution in [2.75, 3.05) is 5.75 Å². The Morgan fingerprint density at radius 2 is 2.10 bits per heavy atom. The molecule has 122 valence electrons. The molecule has 3 heteroatoms. The maximum atomic E-state index is 10.5. The first kappa shape index (κ1) is 17.4. The molecular weight excluding hydrogens is 280 g/mol. The molecule has 2 nitrogen and oxygen atoms in total. The second-order valence-corrected chi connectivity index (χ2v) is 8.59. The van der Waals surface area contributed by atoms with Crippen LogP contribution in [-0.2, 0) is 0 Å². The van der Waals surface area contributed by atoms with E-state index >= 15 is 0 Å². The number of aliphatic hydroxyl groups is 2. The summed E-state index contributed by atoms with van der Waals surface area (Å²) in [5.41, 5.74) is 1.18. The fourth-order valence-electron chi connectivity index (χ4n) is 4.21. The third-order valence-electron chi connectivity index (χ3n) is 6.09. The van der Waals surface area contributed by atoms with Gasteiger partial charge in [0.2, 0.25) is 0 Å². The van der Waals surface area contributed by atoms with E-state index in [-0.39, 0.29) is 11.5 Å². The Hall–Kier alpha value is 0.01000. The molecule has 2 rings (SSSR count). The van der Waals surface area contributed by atoms with Crippen molar-refractivity contribution in [3.63, 3.8) is 0 Å². The molecule has 0 aromatic rings. The fourth-order valence-corrected chi connectivity index (χ4v) is 5.72. The van der Waals surface area contributed by atoms with Gasteiger partial charge in [-0.1, -0.05) is 32.4 Å². The summed E-state index contributed by atoms with van der Waals surface area (Å²) in [4.78, 5) is 0. The highest BCUT2D eigenvalue weighted by Crippen LogP contribution is 2.55. The van der Waals surface area contributed by atoms with Crippen LogP contribution in [0.2, 0.25) is 0 Å². The molecule has 0 aromatic heterocycles. The van der Waals surface area contributed by atoms with Crippen LogP contribution in [0.15, 0.2) is 11.6 Å². The fraction of sp³-hybridized carbons (Fsp3) is 0.889.